The van der Waals surface area contributed by atoms with Crippen molar-refractivity contribution in [1.82, 2.24) is 9.80 Å². The van der Waals surface area contributed by atoms with Crippen LogP contribution >= 0.6 is 0 Å². The van der Waals surface area contributed by atoms with Gasteiger partial charge in [0.15, 0.2) is 0 Å². The van der Waals surface area contributed by atoms with Gasteiger partial charge >= 0.3 is 6.09 Å². The zero-order valence-corrected chi connectivity index (χ0v) is 12.2. The second kappa shape index (κ2) is 6.76. The maximum atomic E-state index is 12.5. The number of rotatable bonds is 3. The highest BCUT2D eigenvalue weighted by atomic mass is 16.5. The van der Waals surface area contributed by atoms with Gasteiger partial charge in [0.25, 0.3) is 5.91 Å². The lowest BCUT2D eigenvalue weighted by molar-refractivity contribution is -0.154. The number of benzene rings is 1. The van der Waals surface area contributed by atoms with Crippen LogP contribution in [0, 0.1) is 12.3 Å². The predicted octanol–water partition coefficient (Wildman–Crippen LogP) is 1.02. The van der Waals surface area contributed by atoms with Gasteiger partial charge in [-0.25, -0.2) is 9.69 Å². The summed E-state index contributed by atoms with van der Waals surface area (Å²) in [6.45, 7) is 0.116. The lowest BCUT2D eigenvalue weighted by Crippen LogP contribution is -2.61. The fraction of sp³-hybridized carbons (Fsp3) is 0.312. The molecule has 1 fully saturated rings. The number of nitrogens with zero attached hydrogens (tertiary/aromatic N) is 2. The van der Waals surface area contributed by atoms with Crippen LogP contribution in [0.2, 0.25) is 0 Å². The summed E-state index contributed by atoms with van der Waals surface area (Å²) in [5.74, 6) is 1.48. The van der Waals surface area contributed by atoms with Crippen molar-refractivity contribution < 1.29 is 19.1 Å². The van der Waals surface area contributed by atoms with Gasteiger partial charge in [0.05, 0.1) is 7.11 Å². The van der Waals surface area contributed by atoms with E-state index in [1.54, 1.807) is 0 Å². The third-order valence-corrected chi connectivity index (χ3v) is 3.40. The van der Waals surface area contributed by atoms with Crippen LogP contribution in [0.5, 0.6) is 0 Å². The van der Waals surface area contributed by atoms with Crippen molar-refractivity contribution in [2.45, 2.75) is 19.0 Å². The summed E-state index contributed by atoms with van der Waals surface area (Å²) in [7, 11) is 1.16. The molecule has 0 unspecified atom stereocenters. The Kier molecular flexibility index (Phi) is 4.79. The molecule has 1 saturated heterocycles. The molecule has 0 aromatic heterocycles. The Hall–Kier alpha value is -2.81. The van der Waals surface area contributed by atoms with Gasteiger partial charge in [0.1, 0.15) is 12.6 Å². The Labute approximate surface area is 128 Å². The van der Waals surface area contributed by atoms with Crippen LogP contribution in [-0.2, 0) is 20.9 Å². The van der Waals surface area contributed by atoms with Crippen molar-refractivity contribution in [3.63, 3.8) is 0 Å². The largest absolute Gasteiger partial charge is 0.452 e. The maximum absolute atomic E-state index is 12.5. The Bertz CT molecular complexity index is 621. The van der Waals surface area contributed by atoms with Gasteiger partial charge in [0, 0.05) is 13.0 Å². The standard InChI is InChI=1S/C16H16N2O4/c1-3-7-13-15(20)17(10-12-8-5-4-6-9-12)11-14(19)18(13)16(21)22-2/h1,4-6,8-9,13H,7,10-11H2,2H3/t13-/m0/s1. The molecule has 0 bridgehead atoms. The van der Waals surface area contributed by atoms with Gasteiger partial charge in [-0.2, -0.15) is 0 Å². The second-order valence-corrected chi connectivity index (χ2v) is 4.84. The number of piperazine rings is 1. The molecular weight excluding hydrogens is 284 g/mol. The number of carbonyl (C=O) groups excluding carboxylic acids is 3. The topological polar surface area (TPSA) is 66.9 Å². The lowest BCUT2D eigenvalue weighted by atomic mass is 10.1. The van der Waals surface area contributed by atoms with Gasteiger partial charge in [-0.3, -0.25) is 9.59 Å². The first-order valence-electron chi connectivity index (χ1n) is 6.74. The molecule has 1 aromatic rings. The van der Waals surface area contributed by atoms with Crippen LogP contribution in [0.3, 0.4) is 0 Å². The average molecular weight is 300 g/mol. The first kappa shape index (κ1) is 15.6. The van der Waals surface area contributed by atoms with E-state index >= 15 is 0 Å². The van der Waals surface area contributed by atoms with Gasteiger partial charge in [-0.1, -0.05) is 30.3 Å². The number of ether oxygens (including phenoxy) is 1. The number of hydrogen-bond acceptors (Lipinski definition) is 4. The quantitative estimate of drug-likeness (QED) is 0.782. The van der Waals surface area contributed by atoms with E-state index in [0.717, 1.165) is 17.6 Å². The smallest absolute Gasteiger partial charge is 0.417 e. The van der Waals surface area contributed by atoms with E-state index in [2.05, 4.69) is 10.7 Å². The molecule has 6 heteroatoms. The minimum atomic E-state index is -1.01. The molecule has 1 aromatic carbocycles. The number of methoxy groups -OCH3 is 1. The average Bonchev–Trinajstić information content (AvgIpc) is 2.52. The number of carbonyl (C=O) groups is 3. The molecule has 1 heterocycles. The highest BCUT2D eigenvalue weighted by Gasteiger charge is 2.42. The van der Waals surface area contributed by atoms with Crippen LogP contribution in [-0.4, -0.2) is 47.4 Å². The normalized spacial score (nSPS) is 18.1. The predicted molar refractivity (Wildman–Crippen MR) is 78.3 cm³/mol. The van der Waals surface area contributed by atoms with Crippen LogP contribution in [0.1, 0.15) is 12.0 Å². The van der Waals surface area contributed by atoms with E-state index in [9.17, 15) is 14.4 Å². The SMILES string of the molecule is C#CC[C@H]1C(=O)N(Cc2ccccc2)CC(=O)N1C(=O)OC. The van der Waals surface area contributed by atoms with Gasteiger partial charge in [0.2, 0.25) is 5.91 Å². The highest BCUT2D eigenvalue weighted by Crippen LogP contribution is 2.18. The van der Waals surface area contributed by atoms with Crippen LogP contribution < -0.4 is 0 Å². The molecule has 3 amide bonds. The highest BCUT2D eigenvalue weighted by molar-refractivity contribution is 6.03. The third kappa shape index (κ3) is 3.09. The summed E-state index contributed by atoms with van der Waals surface area (Å²) in [5, 5.41) is 0. The number of amides is 3. The minimum absolute atomic E-state index is 0.0367. The molecule has 6 nitrogen and oxygen atoms in total. The fourth-order valence-corrected chi connectivity index (χ4v) is 2.37. The summed E-state index contributed by atoms with van der Waals surface area (Å²) in [4.78, 5) is 38.6. The molecule has 0 aliphatic carbocycles. The molecule has 1 aliphatic rings. The van der Waals surface area contributed by atoms with Gasteiger partial charge in [-0.05, 0) is 5.56 Å². The third-order valence-electron chi connectivity index (χ3n) is 3.40. The molecular formula is C16H16N2O4. The molecule has 0 spiro atoms. The van der Waals surface area contributed by atoms with E-state index in [4.69, 9.17) is 6.42 Å². The number of hydrogen-bond donors (Lipinski definition) is 0. The van der Waals surface area contributed by atoms with E-state index in [-0.39, 0.29) is 18.9 Å². The molecule has 0 saturated carbocycles. The summed E-state index contributed by atoms with van der Waals surface area (Å²) in [5.41, 5.74) is 0.898. The van der Waals surface area contributed by atoms with E-state index in [1.165, 1.54) is 4.90 Å². The van der Waals surface area contributed by atoms with Gasteiger partial charge in [-0.15, -0.1) is 12.3 Å². The van der Waals surface area contributed by atoms with Crippen LogP contribution in [0.4, 0.5) is 4.79 Å². The second-order valence-electron chi connectivity index (χ2n) is 4.84. The van der Waals surface area contributed by atoms with E-state index in [1.807, 2.05) is 30.3 Å². The zero-order chi connectivity index (χ0) is 16.1. The molecule has 2 rings (SSSR count). The first-order chi connectivity index (χ1) is 10.6. The monoisotopic (exact) mass is 300 g/mol. The maximum Gasteiger partial charge on any atom is 0.417 e. The lowest BCUT2D eigenvalue weighted by Gasteiger charge is -2.37. The Morgan fingerprint density at radius 2 is 2.05 bits per heavy atom. The summed E-state index contributed by atoms with van der Waals surface area (Å²) in [6, 6.07) is 8.28. The van der Waals surface area contributed by atoms with Crippen molar-refractivity contribution in [2.24, 2.45) is 0 Å². The first-order valence-corrected chi connectivity index (χ1v) is 6.74. The van der Waals surface area contributed by atoms with Crippen molar-refractivity contribution in [3.05, 3.63) is 35.9 Å². The fourth-order valence-electron chi connectivity index (χ4n) is 2.37. The van der Waals surface area contributed by atoms with Crippen molar-refractivity contribution >= 4 is 17.9 Å². The molecule has 114 valence electrons. The van der Waals surface area contributed by atoms with Crippen molar-refractivity contribution in [1.29, 1.82) is 0 Å². The molecule has 1 aliphatic heterocycles. The molecule has 0 radical (unpaired) electrons. The van der Waals surface area contributed by atoms with E-state index < -0.39 is 18.0 Å². The number of terminal acetylenes is 1. The minimum Gasteiger partial charge on any atom is -0.452 e. The van der Waals surface area contributed by atoms with Crippen LogP contribution in [0.15, 0.2) is 30.3 Å². The van der Waals surface area contributed by atoms with Crippen molar-refractivity contribution in [3.8, 4) is 12.3 Å². The molecule has 22 heavy (non-hydrogen) atoms. The van der Waals surface area contributed by atoms with E-state index in [0.29, 0.717) is 6.54 Å². The molecule has 0 N–H and O–H groups in total. The molecule has 1 atom stereocenters. The Morgan fingerprint density at radius 3 is 2.64 bits per heavy atom. The number of imide groups is 1. The van der Waals surface area contributed by atoms with Gasteiger partial charge < -0.3 is 9.64 Å². The Balaban J connectivity index is 2.23. The summed E-state index contributed by atoms with van der Waals surface area (Å²) >= 11 is 0. The zero-order valence-electron chi connectivity index (χ0n) is 12.2. The Morgan fingerprint density at radius 1 is 1.36 bits per heavy atom. The summed E-state index contributed by atoms with van der Waals surface area (Å²) in [6.07, 6.45) is 4.36. The summed E-state index contributed by atoms with van der Waals surface area (Å²) < 4.78 is 4.57. The van der Waals surface area contributed by atoms with Crippen molar-refractivity contribution in [2.75, 3.05) is 13.7 Å². The van der Waals surface area contributed by atoms with Crippen LogP contribution in [0.25, 0.3) is 0 Å².